The first-order valence-electron chi connectivity index (χ1n) is 32.8. The molecule has 0 radical (unpaired) electrons. The number of hydrogen-bond donors (Lipinski definition) is 20. The summed E-state index contributed by atoms with van der Waals surface area (Å²) in [6.45, 7) is -14.4. The Morgan fingerprint density at radius 1 is 0.320 bits per heavy atom. The number of aliphatic hydroxyl groups is 20. The maximum Gasteiger partial charge on any atom is 0.409 e. The molecule has 0 unspecified atom stereocenters. The lowest BCUT2D eigenvalue weighted by Gasteiger charge is -2.36. The van der Waals surface area contributed by atoms with Crippen LogP contribution in [0.15, 0.2) is 48.5 Å². The van der Waals surface area contributed by atoms with E-state index in [9.17, 15) is 140 Å². The lowest BCUT2D eigenvalue weighted by Crippen LogP contribution is -2.55. The third-order valence-electron chi connectivity index (χ3n) is 17.6. The van der Waals surface area contributed by atoms with Gasteiger partial charge in [-0.25, -0.2) is 4.79 Å². The standard InChI is InChI=1S/C64H106N10O29/c1-65(50(88)25-67(3)52(90)27-69(5)54(92)29-71(7)64(102)103-35-40-38-14-10-8-12-36(38)37-13-9-11-15-39(37)40)24-49(87)66(2)26-51(89)68(4)28-53(91)70(6)30-55(93)74(18-16-72(20-41(79)56(94)60(98)45(83)31-75)21-42(80)57(95)61(99)46(84)32-76)19-17-73(22-43(81)58(96)62(100)47(85)33-77)23-44(82)59(97)63(101)48(86)34-78/h8-15,40-48,56-63,75-86,94-101H,16-35H2,1-7H3/t41-,42-,43-,44-,45+,46+,47+,48+,56+,57+,58+,59+,60+,61+,62+,63+/m0/s1. The molecule has 2 aromatic carbocycles. The molecule has 3 rings (SSSR count). The van der Waals surface area contributed by atoms with Gasteiger partial charge in [0.1, 0.15) is 86.4 Å². The van der Waals surface area contributed by atoms with E-state index >= 15 is 0 Å². The molecule has 8 amide bonds. The van der Waals surface area contributed by atoms with Gasteiger partial charge in [-0.15, -0.1) is 0 Å². The fourth-order valence-corrected chi connectivity index (χ4v) is 10.7. The van der Waals surface area contributed by atoms with Crippen molar-refractivity contribution in [2.24, 2.45) is 0 Å². The lowest BCUT2D eigenvalue weighted by atomic mass is 9.98. The molecule has 0 aromatic heterocycles. The Morgan fingerprint density at radius 3 is 0.796 bits per heavy atom. The summed E-state index contributed by atoms with van der Waals surface area (Å²) in [6.07, 6.45) is -34.9. The first-order chi connectivity index (χ1) is 48.3. The number of rotatable bonds is 46. The molecule has 0 bridgehead atoms. The van der Waals surface area contributed by atoms with Gasteiger partial charge in [-0.3, -0.25) is 43.4 Å². The molecule has 2 aromatic rings. The number of hydrogen-bond acceptors (Lipinski definition) is 31. The van der Waals surface area contributed by atoms with Gasteiger partial charge in [0, 0.05) is 108 Å². The molecule has 1 aliphatic rings. The van der Waals surface area contributed by atoms with Crippen LogP contribution in [-0.2, 0) is 38.3 Å². The lowest BCUT2D eigenvalue weighted by molar-refractivity contribution is -0.146. The highest BCUT2D eigenvalue weighted by Crippen LogP contribution is 2.44. The molecule has 20 N–H and O–H groups in total. The second-order valence-electron chi connectivity index (χ2n) is 25.8. The molecular weight excluding hydrogens is 1370 g/mol. The van der Waals surface area contributed by atoms with E-state index in [4.69, 9.17) is 4.74 Å². The van der Waals surface area contributed by atoms with Crippen molar-refractivity contribution in [1.29, 1.82) is 0 Å². The number of nitrogens with zero attached hydrogens (tertiary/aromatic N) is 10. The van der Waals surface area contributed by atoms with Crippen LogP contribution in [0.2, 0.25) is 0 Å². The minimum absolute atomic E-state index is 0.0101. The summed E-state index contributed by atoms with van der Waals surface area (Å²) < 4.78 is 5.62. The van der Waals surface area contributed by atoms with Gasteiger partial charge < -0.3 is 146 Å². The molecule has 1 aliphatic carbocycles. The fraction of sp³-hybridized carbons (Fsp3) is 0.688. The fourth-order valence-electron chi connectivity index (χ4n) is 10.7. The van der Waals surface area contributed by atoms with Crippen LogP contribution in [0, 0.1) is 0 Å². The summed E-state index contributed by atoms with van der Waals surface area (Å²) in [5.41, 5.74) is 4.05. The highest BCUT2D eigenvalue weighted by molar-refractivity contribution is 5.93. The number of carbonyl (C=O) groups is 8. The zero-order valence-corrected chi connectivity index (χ0v) is 58.7. The summed E-state index contributed by atoms with van der Waals surface area (Å²) in [7, 11) is 8.74. The van der Waals surface area contributed by atoms with E-state index in [1.54, 1.807) is 0 Å². The molecule has 39 heteroatoms. The molecule has 0 fully saturated rings. The van der Waals surface area contributed by atoms with Gasteiger partial charge >= 0.3 is 6.09 Å². The zero-order valence-electron chi connectivity index (χ0n) is 58.7. The summed E-state index contributed by atoms with van der Waals surface area (Å²) in [5, 5.41) is 206. The van der Waals surface area contributed by atoms with Gasteiger partial charge in [0.2, 0.25) is 41.4 Å². The second-order valence-corrected chi connectivity index (χ2v) is 25.8. The smallest absolute Gasteiger partial charge is 0.409 e. The molecule has 586 valence electrons. The Bertz CT molecular complexity index is 2830. The van der Waals surface area contributed by atoms with Crippen molar-refractivity contribution in [1.82, 2.24) is 49.0 Å². The van der Waals surface area contributed by atoms with Crippen LogP contribution in [-0.4, -0.2) is 477 Å². The van der Waals surface area contributed by atoms with Crippen molar-refractivity contribution in [3.8, 4) is 11.1 Å². The second kappa shape index (κ2) is 43.5. The number of fused-ring (bicyclic) bond motifs is 3. The molecule has 0 heterocycles. The predicted octanol–water partition coefficient (Wildman–Crippen LogP) is -13.2. The van der Waals surface area contributed by atoms with E-state index in [1.165, 1.54) is 42.3 Å². The molecule has 103 heavy (non-hydrogen) atoms. The van der Waals surface area contributed by atoms with Crippen molar-refractivity contribution in [2.75, 3.05) is 181 Å². The monoisotopic (exact) mass is 1480 g/mol. The van der Waals surface area contributed by atoms with E-state index in [-0.39, 0.29) is 12.5 Å². The highest BCUT2D eigenvalue weighted by Gasteiger charge is 2.39. The van der Waals surface area contributed by atoms with Crippen molar-refractivity contribution < 1.29 is 145 Å². The Labute approximate surface area is 594 Å². The van der Waals surface area contributed by atoms with Crippen LogP contribution < -0.4 is 0 Å². The van der Waals surface area contributed by atoms with Crippen LogP contribution in [0.3, 0.4) is 0 Å². The van der Waals surface area contributed by atoms with Crippen LogP contribution in [0.25, 0.3) is 11.1 Å². The van der Waals surface area contributed by atoms with Gasteiger partial charge in [0.15, 0.2) is 0 Å². The minimum Gasteiger partial charge on any atom is -0.448 e. The van der Waals surface area contributed by atoms with Gasteiger partial charge in [0.05, 0.1) is 90.1 Å². The molecule has 0 saturated carbocycles. The quantitative estimate of drug-likeness (QED) is 0.0293. The Balaban J connectivity index is 1.74. The van der Waals surface area contributed by atoms with E-state index in [1.807, 2.05) is 48.5 Å². The number of carbonyl (C=O) groups excluding carboxylic acids is 8. The number of amides is 8. The largest absolute Gasteiger partial charge is 0.448 e. The summed E-state index contributed by atoms with van der Waals surface area (Å²) >= 11 is 0. The topological polar surface area (TPSA) is 583 Å². The number of likely N-dealkylation sites (N-methyl/N-ethyl adjacent to an activating group) is 7. The maximum atomic E-state index is 14.5. The minimum atomic E-state index is -2.24. The van der Waals surface area contributed by atoms with Crippen molar-refractivity contribution in [3.63, 3.8) is 0 Å². The zero-order chi connectivity index (χ0) is 78.0. The van der Waals surface area contributed by atoms with E-state index < -0.39 is 270 Å². The maximum absolute atomic E-state index is 14.5. The van der Waals surface area contributed by atoms with Crippen molar-refractivity contribution in [2.45, 2.75) is 104 Å². The van der Waals surface area contributed by atoms with Crippen LogP contribution in [0.1, 0.15) is 17.0 Å². The Kier molecular flexibility index (Phi) is 38.2. The van der Waals surface area contributed by atoms with Gasteiger partial charge in [0.25, 0.3) is 0 Å². The number of aliphatic hydroxyl groups excluding tert-OH is 20. The molecular formula is C64H106N10O29. The normalized spacial score (nSPS) is 16.9. The SMILES string of the molecule is CN(CC(=O)N(C)CC(=O)N(C)CC(=O)N(C)CC(=O)N(CCN(C[C@H](O)[C@@H](O)[C@H](O)[C@H](O)CO)C[C@H](O)[C@@H](O)[C@H](O)[C@H](O)CO)CCN(C[C@H](O)[C@@H](O)[C@H](O)[C@H](O)CO)C[C@H](O)[C@@H](O)[C@H](O)[C@H](O)CO)C(=O)CN(C)C(=O)CN(C)C(=O)CN(C)C(=O)OCC1c2ccccc2-c2ccccc21. The van der Waals surface area contributed by atoms with E-state index in [0.29, 0.717) is 0 Å². The first-order valence-corrected chi connectivity index (χ1v) is 32.8. The summed E-state index contributed by atoms with van der Waals surface area (Å²) in [6, 6.07) is 15.5. The molecule has 0 aliphatic heterocycles. The van der Waals surface area contributed by atoms with E-state index in [0.717, 1.165) is 78.3 Å². The molecule has 0 spiro atoms. The number of ether oxygens (including phenoxy) is 1. The van der Waals surface area contributed by atoms with Crippen LogP contribution in [0.5, 0.6) is 0 Å². The average Bonchev–Trinajstić information content (AvgIpc) is 1.62. The van der Waals surface area contributed by atoms with Gasteiger partial charge in [-0.2, -0.15) is 0 Å². The molecule has 0 saturated heterocycles. The number of benzene rings is 2. The van der Waals surface area contributed by atoms with E-state index in [2.05, 4.69) is 0 Å². The third-order valence-corrected chi connectivity index (χ3v) is 17.6. The summed E-state index contributed by atoms with van der Waals surface area (Å²) in [5.74, 6) is -5.76. The first kappa shape index (κ1) is 90.3. The van der Waals surface area contributed by atoms with Crippen LogP contribution in [0.4, 0.5) is 4.79 Å². The van der Waals surface area contributed by atoms with Gasteiger partial charge in [-0.1, -0.05) is 48.5 Å². The molecule has 16 atom stereocenters. The van der Waals surface area contributed by atoms with Crippen molar-refractivity contribution >= 4 is 47.4 Å². The van der Waals surface area contributed by atoms with Crippen molar-refractivity contribution in [3.05, 3.63) is 59.7 Å². The Hall–Kier alpha value is -6.88. The Morgan fingerprint density at radius 2 is 0.544 bits per heavy atom. The third kappa shape index (κ3) is 27.2. The van der Waals surface area contributed by atoms with Crippen LogP contribution >= 0.6 is 0 Å². The van der Waals surface area contributed by atoms with Gasteiger partial charge in [-0.05, 0) is 22.3 Å². The highest BCUT2D eigenvalue weighted by atomic mass is 16.6. The molecule has 39 nitrogen and oxygen atoms in total. The predicted molar refractivity (Wildman–Crippen MR) is 357 cm³/mol. The summed E-state index contributed by atoms with van der Waals surface area (Å²) in [4.78, 5) is 118. The average molecular weight is 1480 g/mol.